The standard InChI is InChI=1S/C27H36F2O7/c1-7-23(3,4)35-22(34)36-27(21(32)33)14(2)10-16-17-13-19(28)18-11-15(30)12-20(31)25(18,6)26(17,29)9-8-24(16,27)5/h11-12,14,16-17,19,30H,7-10,13H2,1-6H3,(H,32,33)/t14-,16+,17+,19+,24+,25-,26-,27+/m1/s1. The lowest BCUT2D eigenvalue weighted by Gasteiger charge is -2.61. The van der Waals surface area contributed by atoms with Crippen molar-refractivity contribution in [3.8, 4) is 0 Å². The Morgan fingerprint density at radius 1 is 1.17 bits per heavy atom. The largest absolute Gasteiger partial charge is 0.509 e. The third-order valence-corrected chi connectivity index (χ3v) is 10.1. The summed E-state index contributed by atoms with van der Waals surface area (Å²) in [5, 5.41) is 20.4. The van der Waals surface area contributed by atoms with Crippen LogP contribution in [0, 0.1) is 28.6 Å². The number of hydrogen-bond donors (Lipinski definition) is 2. The highest BCUT2D eigenvalue weighted by molar-refractivity contribution is 6.00. The molecule has 0 unspecified atom stereocenters. The zero-order valence-corrected chi connectivity index (χ0v) is 21.7. The van der Waals surface area contributed by atoms with E-state index in [-0.39, 0.29) is 31.3 Å². The molecule has 200 valence electrons. The lowest BCUT2D eigenvalue weighted by molar-refractivity contribution is -0.208. The molecular formula is C27H36F2O7. The van der Waals surface area contributed by atoms with Crippen molar-refractivity contribution in [3.05, 3.63) is 23.5 Å². The number of carboxylic acids is 1. The first-order valence-corrected chi connectivity index (χ1v) is 12.7. The van der Waals surface area contributed by atoms with E-state index in [9.17, 15) is 24.6 Å². The summed E-state index contributed by atoms with van der Waals surface area (Å²) in [7, 11) is 0. The second-order valence-corrected chi connectivity index (χ2v) is 12.1. The van der Waals surface area contributed by atoms with Crippen LogP contribution < -0.4 is 0 Å². The highest BCUT2D eigenvalue weighted by atomic mass is 19.1. The first kappa shape index (κ1) is 26.6. The van der Waals surface area contributed by atoms with Crippen molar-refractivity contribution in [2.75, 3.05) is 0 Å². The number of fused-ring (bicyclic) bond motifs is 5. The number of allylic oxidation sites excluding steroid dienone is 3. The smallest absolute Gasteiger partial charge is 0.508 e. The fourth-order valence-corrected chi connectivity index (χ4v) is 7.67. The van der Waals surface area contributed by atoms with Gasteiger partial charge in [-0.2, -0.15) is 0 Å². The quantitative estimate of drug-likeness (QED) is 0.472. The topological polar surface area (TPSA) is 110 Å². The monoisotopic (exact) mass is 510 g/mol. The van der Waals surface area contributed by atoms with Crippen LogP contribution in [0.5, 0.6) is 0 Å². The molecule has 0 bridgehead atoms. The van der Waals surface area contributed by atoms with Crippen LogP contribution in [0.2, 0.25) is 0 Å². The van der Waals surface area contributed by atoms with Crippen LogP contribution >= 0.6 is 0 Å². The molecule has 0 aromatic rings. The number of carbonyl (C=O) groups is 3. The van der Waals surface area contributed by atoms with Gasteiger partial charge in [-0.15, -0.1) is 0 Å². The number of aliphatic hydroxyl groups excluding tert-OH is 1. The minimum absolute atomic E-state index is 0.00849. The Kier molecular flexibility index (Phi) is 5.93. The molecule has 7 nitrogen and oxygen atoms in total. The fraction of sp³-hybridized carbons (Fsp3) is 0.741. The van der Waals surface area contributed by atoms with E-state index < -0.39 is 75.3 Å². The predicted molar refractivity (Wildman–Crippen MR) is 126 cm³/mol. The van der Waals surface area contributed by atoms with Crippen molar-refractivity contribution in [1.82, 2.24) is 0 Å². The summed E-state index contributed by atoms with van der Waals surface area (Å²) >= 11 is 0. The molecule has 36 heavy (non-hydrogen) atoms. The van der Waals surface area contributed by atoms with Crippen molar-refractivity contribution in [1.29, 1.82) is 0 Å². The van der Waals surface area contributed by atoms with Gasteiger partial charge in [-0.1, -0.05) is 20.8 Å². The third-order valence-electron chi connectivity index (χ3n) is 10.1. The van der Waals surface area contributed by atoms with E-state index in [1.54, 1.807) is 27.7 Å². The van der Waals surface area contributed by atoms with E-state index in [4.69, 9.17) is 9.47 Å². The number of ketones is 1. The maximum atomic E-state index is 17.2. The van der Waals surface area contributed by atoms with Gasteiger partial charge in [-0.25, -0.2) is 18.4 Å². The van der Waals surface area contributed by atoms with Gasteiger partial charge in [0.15, 0.2) is 5.78 Å². The molecule has 0 aromatic heterocycles. The zero-order valence-electron chi connectivity index (χ0n) is 21.7. The van der Waals surface area contributed by atoms with E-state index in [1.165, 1.54) is 6.92 Å². The predicted octanol–water partition coefficient (Wildman–Crippen LogP) is 5.63. The second-order valence-electron chi connectivity index (χ2n) is 12.1. The lowest BCUT2D eigenvalue weighted by atomic mass is 9.44. The number of aliphatic hydroxyl groups is 1. The van der Waals surface area contributed by atoms with E-state index in [2.05, 4.69) is 0 Å². The van der Waals surface area contributed by atoms with Gasteiger partial charge in [0, 0.05) is 23.3 Å². The maximum absolute atomic E-state index is 17.2. The van der Waals surface area contributed by atoms with Crippen LogP contribution in [0.15, 0.2) is 23.5 Å². The number of aliphatic carboxylic acids is 1. The lowest BCUT2D eigenvalue weighted by Crippen LogP contribution is -2.67. The minimum Gasteiger partial charge on any atom is -0.508 e. The molecule has 0 heterocycles. The SMILES string of the molecule is CCC(C)(C)OC(=O)O[C@]1(C(=O)O)[C@H](C)C[C@H]2[C@@H]3C[C@H](F)C4=CC(O)=CC(=O)[C@]4(C)[C@@]3(F)CC[C@@]21C. The summed E-state index contributed by atoms with van der Waals surface area (Å²) in [5.74, 6) is -4.82. The fourth-order valence-electron chi connectivity index (χ4n) is 7.67. The summed E-state index contributed by atoms with van der Waals surface area (Å²) in [6.45, 7) is 9.89. The molecule has 3 fully saturated rings. The molecule has 3 saturated carbocycles. The summed E-state index contributed by atoms with van der Waals surface area (Å²) in [6.07, 6.45) is -0.518. The van der Waals surface area contributed by atoms with E-state index in [1.807, 2.05) is 6.92 Å². The van der Waals surface area contributed by atoms with E-state index in [0.717, 1.165) is 12.2 Å². The summed E-state index contributed by atoms with van der Waals surface area (Å²) in [4.78, 5) is 38.8. The number of carbonyl (C=O) groups excluding carboxylic acids is 2. The van der Waals surface area contributed by atoms with Crippen LogP contribution in [0.25, 0.3) is 0 Å². The maximum Gasteiger partial charge on any atom is 0.509 e. The highest BCUT2D eigenvalue weighted by Crippen LogP contribution is 2.71. The Morgan fingerprint density at radius 3 is 2.39 bits per heavy atom. The minimum atomic E-state index is -2.15. The van der Waals surface area contributed by atoms with Gasteiger partial charge in [0.25, 0.3) is 0 Å². The van der Waals surface area contributed by atoms with Crippen molar-refractivity contribution in [2.45, 2.75) is 96.7 Å². The molecule has 8 atom stereocenters. The molecule has 4 aliphatic carbocycles. The van der Waals surface area contributed by atoms with Crippen LogP contribution in [0.3, 0.4) is 0 Å². The van der Waals surface area contributed by atoms with Gasteiger partial charge in [0.2, 0.25) is 5.60 Å². The number of rotatable bonds is 4. The first-order chi connectivity index (χ1) is 16.5. The second kappa shape index (κ2) is 8.02. The van der Waals surface area contributed by atoms with Crippen LogP contribution in [0.1, 0.15) is 73.6 Å². The molecule has 4 rings (SSSR count). The molecule has 2 N–H and O–H groups in total. The van der Waals surface area contributed by atoms with Crippen LogP contribution in [-0.4, -0.2) is 51.2 Å². The van der Waals surface area contributed by atoms with Crippen LogP contribution in [0.4, 0.5) is 13.6 Å². The molecule has 0 saturated heterocycles. The number of ether oxygens (including phenoxy) is 2. The van der Waals surface area contributed by atoms with E-state index in [0.29, 0.717) is 6.42 Å². The molecule has 4 aliphatic rings. The highest BCUT2D eigenvalue weighted by Gasteiger charge is 2.77. The van der Waals surface area contributed by atoms with E-state index >= 15 is 8.78 Å². The Bertz CT molecular complexity index is 1070. The van der Waals surface area contributed by atoms with Crippen molar-refractivity contribution in [2.24, 2.45) is 28.6 Å². The summed E-state index contributed by atoms with van der Waals surface area (Å²) in [6, 6.07) is 0. The van der Waals surface area contributed by atoms with Gasteiger partial charge < -0.3 is 19.7 Å². The Morgan fingerprint density at radius 2 is 1.81 bits per heavy atom. The van der Waals surface area contributed by atoms with Gasteiger partial charge in [0.1, 0.15) is 23.2 Å². The van der Waals surface area contributed by atoms with Gasteiger partial charge in [-0.05, 0) is 70.4 Å². The van der Waals surface area contributed by atoms with Gasteiger partial charge in [-0.3, -0.25) is 4.79 Å². The number of halogens is 2. The normalized spacial score (nSPS) is 43.9. The molecule has 0 spiro atoms. The average Bonchev–Trinajstić information content (AvgIpc) is 2.99. The molecule has 0 aliphatic heterocycles. The van der Waals surface area contributed by atoms with Crippen LogP contribution in [-0.2, 0) is 19.1 Å². The number of carboxylic acid groups (broad SMARTS) is 1. The molecule has 0 radical (unpaired) electrons. The zero-order chi connectivity index (χ0) is 27.1. The average molecular weight is 511 g/mol. The van der Waals surface area contributed by atoms with Crippen molar-refractivity contribution < 1.29 is 42.9 Å². The number of hydrogen-bond acceptors (Lipinski definition) is 6. The Balaban J connectivity index is 1.77. The number of alkyl halides is 2. The summed E-state index contributed by atoms with van der Waals surface area (Å²) < 4.78 is 43.9. The van der Waals surface area contributed by atoms with Gasteiger partial charge in [0.05, 0.1) is 5.41 Å². The molecule has 0 amide bonds. The molecular weight excluding hydrogens is 474 g/mol. The molecule has 0 aromatic carbocycles. The Hall–Kier alpha value is -2.45. The van der Waals surface area contributed by atoms with Crippen molar-refractivity contribution in [3.63, 3.8) is 0 Å². The summed E-state index contributed by atoms with van der Waals surface area (Å²) in [5.41, 5.74) is -8.14. The molecule has 9 heteroatoms. The Labute approximate surface area is 209 Å². The van der Waals surface area contributed by atoms with Gasteiger partial charge >= 0.3 is 12.1 Å². The third kappa shape index (κ3) is 3.23. The first-order valence-electron chi connectivity index (χ1n) is 12.7. The van der Waals surface area contributed by atoms with Crippen molar-refractivity contribution >= 4 is 17.9 Å².